The number of carbonyl (C=O) groups excluding carboxylic acids is 1. The summed E-state index contributed by atoms with van der Waals surface area (Å²) in [4.78, 5) is 21.7. The van der Waals surface area contributed by atoms with Gasteiger partial charge in [0.2, 0.25) is 0 Å². The summed E-state index contributed by atoms with van der Waals surface area (Å²) >= 11 is 6.22. The number of benzene rings is 1. The summed E-state index contributed by atoms with van der Waals surface area (Å²) in [6, 6.07) is 0. The monoisotopic (exact) mass is 423 g/mol. The Balaban J connectivity index is 3.68. The first-order valence-corrected chi connectivity index (χ1v) is 7.12. The van der Waals surface area contributed by atoms with Gasteiger partial charge in [-0.2, -0.15) is 0 Å². The molecule has 0 saturated heterocycles. The van der Waals surface area contributed by atoms with Crippen LogP contribution < -0.4 is 0 Å². The molecule has 0 radical (unpaired) electrons. The molecule has 114 valence electrons. The molecule has 0 unspecified atom stereocenters. The molecule has 0 bridgehead atoms. The summed E-state index contributed by atoms with van der Waals surface area (Å²) in [6.45, 7) is -0.928. The molecule has 0 aromatic heterocycles. The van der Waals surface area contributed by atoms with Crippen LogP contribution in [0.3, 0.4) is 0 Å². The minimum Gasteiger partial charge on any atom is -0.466 e. The van der Waals surface area contributed by atoms with Gasteiger partial charge in [-0.1, -0.05) is 0 Å². The molecule has 21 heavy (non-hydrogen) atoms. The third kappa shape index (κ3) is 3.67. The molecule has 1 aromatic rings. The quantitative estimate of drug-likeness (QED) is 0.324. The summed E-state index contributed by atoms with van der Waals surface area (Å²) < 4.78 is 4.71. The van der Waals surface area contributed by atoms with Crippen LogP contribution in [0.2, 0.25) is 0 Å². The van der Waals surface area contributed by atoms with Gasteiger partial charge < -0.3 is 14.9 Å². The Hall–Kier alpha value is -1.29. The summed E-state index contributed by atoms with van der Waals surface area (Å²) in [5.41, 5.74) is 0.243. The van der Waals surface area contributed by atoms with E-state index in [0.29, 0.717) is 5.56 Å². The number of rotatable bonds is 5. The molecule has 0 fully saturated rings. The van der Waals surface area contributed by atoms with Gasteiger partial charge in [0, 0.05) is 16.1 Å². The smallest absolute Gasteiger partial charge is 0.330 e. The van der Waals surface area contributed by atoms with Crippen molar-refractivity contribution in [1.29, 1.82) is 0 Å². The largest absolute Gasteiger partial charge is 0.466 e. The lowest BCUT2D eigenvalue weighted by Gasteiger charge is -2.13. The summed E-state index contributed by atoms with van der Waals surface area (Å²) in [7, 11) is 1.18. The van der Waals surface area contributed by atoms with E-state index in [9.17, 15) is 25.1 Å². The van der Waals surface area contributed by atoms with Gasteiger partial charge in [0.15, 0.2) is 0 Å². The number of hydrogen-bond donors (Lipinski definition) is 2. The number of esters is 1. The summed E-state index contributed by atoms with van der Waals surface area (Å²) in [6.07, 6.45) is 2.23. The van der Waals surface area contributed by atoms with Crippen molar-refractivity contribution in [3.05, 3.63) is 41.8 Å². The lowest BCUT2D eigenvalue weighted by atomic mass is 10.0. The van der Waals surface area contributed by atoms with Gasteiger partial charge >= 0.3 is 5.97 Å². The van der Waals surface area contributed by atoms with Gasteiger partial charge in [-0.15, -0.1) is 0 Å². The third-order valence-electron chi connectivity index (χ3n) is 2.68. The number of nitrogens with zero attached hydrogens (tertiary/aromatic N) is 1. The van der Waals surface area contributed by atoms with Crippen molar-refractivity contribution >= 4 is 49.6 Å². The van der Waals surface area contributed by atoms with Crippen molar-refractivity contribution < 1.29 is 24.7 Å². The number of nitro benzene ring substituents is 1. The van der Waals surface area contributed by atoms with Gasteiger partial charge in [-0.05, 0) is 43.5 Å². The molecule has 7 nitrogen and oxygen atoms in total. The van der Waals surface area contributed by atoms with Gasteiger partial charge in [-0.25, -0.2) is 4.79 Å². The zero-order valence-electron chi connectivity index (χ0n) is 10.8. The van der Waals surface area contributed by atoms with E-state index in [0.717, 1.165) is 6.08 Å². The van der Waals surface area contributed by atoms with Crippen molar-refractivity contribution in [2.45, 2.75) is 13.2 Å². The fourth-order valence-electron chi connectivity index (χ4n) is 1.67. The zero-order valence-corrected chi connectivity index (χ0v) is 14.0. The molecule has 0 atom stereocenters. The molecule has 0 heterocycles. The van der Waals surface area contributed by atoms with E-state index in [1.165, 1.54) is 13.2 Å². The average molecular weight is 425 g/mol. The van der Waals surface area contributed by atoms with Gasteiger partial charge in [-0.3, -0.25) is 10.1 Å². The van der Waals surface area contributed by atoms with Crippen LogP contribution in [0, 0.1) is 10.1 Å². The van der Waals surface area contributed by atoms with E-state index >= 15 is 0 Å². The Labute approximate surface area is 136 Å². The fraction of sp³-hybridized carbons (Fsp3) is 0.250. The lowest BCUT2D eigenvalue weighted by molar-refractivity contribution is -0.386. The topological polar surface area (TPSA) is 110 Å². The van der Waals surface area contributed by atoms with Crippen LogP contribution in [0.4, 0.5) is 5.69 Å². The number of nitro groups is 1. The zero-order chi connectivity index (χ0) is 16.2. The first kappa shape index (κ1) is 17.8. The van der Waals surface area contributed by atoms with E-state index in [2.05, 4.69) is 36.6 Å². The van der Waals surface area contributed by atoms with Crippen LogP contribution in [-0.4, -0.2) is 28.2 Å². The Bertz CT molecular complexity index is 615. The number of aliphatic hydroxyl groups is 2. The van der Waals surface area contributed by atoms with Crippen molar-refractivity contribution in [1.82, 2.24) is 0 Å². The molecule has 0 spiro atoms. The molecule has 1 aromatic carbocycles. The lowest BCUT2D eigenvalue weighted by Crippen LogP contribution is -2.05. The first-order valence-electron chi connectivity index (χ1n) is 5.53. The Kier molecular flexibility index (Phi) is 6.46. The second-order valence-corrected chi connectivity index (χ2v) is 5.36. The predicted octanol–water partition coefficient (Wildman–Crippen LogP) is 2.29. The normalized spacial score (nSPS) is 10.9. The van der Waals surface area contributed by atoms with E-state index < -0.39 is 24.1 Å². The van der Waals surface area contributed by atoms with E-state index in [1.54, 1.807) is 0 Å². The number of hydrogen-bond acceptors (Lipinski definition) is 6. The first-order chi connectivity index (χ1) is 9.88. The van der Waals surface area contributed by atoms with Crippen LogP contribution in [0.15, 0.2) is 15.0 Å². The molecule has 9 heteroatoms. The molecule has 0 saturated carbocycles. The maximum absolute atomic E-state index is 11.2. The molecule has 1 rings (SSSR count). The van der Waals surface area contributed by atoms with Crippen LogP contribution >= 0.6 is 31.9 Å². The minimum atomic E-state index is -0.677. The van der Waals surface area contributed by atoms with Crippen molar-refractivity contribution in [2.24, 2.45) is 0 Å². The number of methoxy groups -OCH3 is 1. The second-order valence-electron chi connectivity index (χ2n) is 3.78. The fourth-order valence-corrected chi connectivity index (χ4v) is 3.08. The molecule has 0 amide bonds. The highest BCUT2D eigenvalue weighted by molar-refractivity contribution is 9.11. The maximum atomic E-state index is 11.2. The maximum Gasteiger partial charge on any atom is 0.330 e. The van der Waals surface area contributed by atoms with E-state index in [-0.39, 0.29) is 25.8 Å². The van der Waals surface area contributed by atoms with Crippen LogP contribution in [0.5, 0.6) is 0 Å². The minimum absolute atomic E-state index is 0.0479. The van der Waals surface area contributed by atoms with Crippen LogP contribution in [0.1, 0.15) is 16.7 Å². The predicted molar refractivity (Wildman–Crippen MR) is 81.4 cm³/mol. The number of ether oxygens (including phenoxy) is 1. The molecule has 0 aliphatic carbocycles. The van der Waals surface area contributed by atoms with Gasteiger partial charge in [0.25, 0.3) is 5.69 Å². The second kappa shape index (κ2) is 7.64. The highest BCUT2D eigenvalue weighted by atomic mass is 79.9. The summed E-state index contributed by atoms with van der Waals surface area (Å²) in [5.74, 6) is -0.677. The Morgan fingerprint density at radius 2 is 1.81 bits per heavy atom. The third-order valence-corrected chi connectivity index (χ3v) is 4.44. The Morgan fingerprint density at radius 1 is 1.29 bits per heavy atom. The van der Waals surface area contributed by atoms with Crippen LogP contribution in [0.25, 0.3) is 6.08 Å². The van der Waals surface area contributed by atoms with Crippen molar-refractivity contribution in [3.8, 4) is 0 Å². The summed E-state index contributed by atoms with van der Waals surface area (Å²) in [5, 5.41) is 30.0. The van der Waals surface area contributed by atoms with Crippen LogP contribution in [-0.2, 0) is 22.7 Å². The SMILES string of the molecule is COC(=O)/C=C/c1c(Br)c(CO)c(CO)c(Br)c1[N+](=O)[O-]. The Morgan fingerprint density at radius 3 is 2.24 bits per heavy atom. The van der Waals surface area contributed by atoms with Gasteiger partial charge in [0.1, 0.15) is 4.47 Å². The highest BCUT2D eigenvalue weighted by Gasteiger charge is 2.27. The van der Waals surface area contributed by atoms with Gasteiger partial charge in [0.05, 0.1) is 30.8 Å². The van der Waals surface area contributed by atoms with Crippen molar-refractivity contribution in [3.63, 3.8) is 0 Å². The molecule has 0 aliphatic rings. The number of aliphatic hydroxyl groups excluding tert-OH is 2. The van der Waals surface area contributed by atoms with E-state index in [1.807, 2.05) is 0 Å². The number of carbonyl (C=O) groups is 1. The highest BCUT2D eigenvalue weighted by Crippen LogP contribution is 2.41. The molecule has 2 N–H and O–H groups in total. The van der Waals surface area contributed by atoms with Crippen molar-refractivity contribution in [2.75, 3.05) is 7.11 Å². The average Bonchev–Trinajstić information content (AvgIpc) is 2.45. The number of halogens is 2. The molecule has 0 aliphatic heterocycles. The molecular formula is C12H11Br2NO6. The van der Waals surface area contributed by atoms with E-state index in [4.69, 9.17) is 0 Å². The standard InChI is InChI=1S/C12H11Br2NO6/c1-21-9(18)3-2-6-10(13)7(4-16)8(5-17)11(14)12(6)15(19)20/h2-3,16-17H,4-5H2,1H3/b3-2+. The molecular weight excluding hydrogens is 414 g/mol.